The molecule has 0 amide bonds. The van der Waals surface area contributed by atoms with E-state index in [2.05, 4.69) is 0 Å². The van der Waals surface area contributed by atoms with Gasteiger partial charge in [-0.3, -0.25) is 9.59 Å². The van der Waals surface area contributed by atoms with Crippen LogP contribution in [0.5, 0.6) is 0 Å². The minimum Gasteiger partial charge on any atom is -0.465 e. The van der Waals surface area contributed by atoms with E-state index in [1.54, 1.807) is 0 Å². The van der Waals surface area contributed by atoms with Gasteiger partial charge in [0.25, 0.3) is 0 Å². The lowest BCUT2D eigenvalue weighted by Crippen LogP contribution is -2.08. The Morgan fingerprint density at radius 2 is 2.00 bits per heavy atom. The number of carbonyl (C=O) groups is 2. The van der Waals surface area contributed by atoms with Crippen molar-refractivity contribution in [2.75, 3.05) is 6.61 Å². The topological polar surface area (TPSA) is 52.6 Å². The SMILES string of the molecule is CC(=O)OCC1CC1OC(C)=O. The van der Waals surface area contributed by atoms with E-state index in [1.165, 1.54) is 13.8 Å². The summed E-state index contributed by atoms with van der Waals surface area (Å²) in [6, 6.07) is 0. The highest BCUT2D eigenvalue weighted by Gasteiger charge is 2.40. The number of hydrogen-bond acceptors (Lipinski definition) is 4. The van der Waals surface area contributed by atoms with E-state index < -0.39 is 0 Å². The van der Waals surface area contributed by atoms with E-state index in [0.29, 0.717) is 6.61 Å². The summed E-state index contributed by atoms with van der Waals surface area (Å²) in [4.78, 5) is 20.8. The third-order valence-electron chi connectivity index (χ3n) is 1.68. The Morgan fingerprint density at radius 1 is 1.33 bits per heavy atom. The van der Waals surface area contributed by atoms with Gasteiger partial charge in [-0.25, -0.2) is 0 Å². The molecule has 0 bridgehead atoms. The number of rotatable bonds is 3. The van der Waals surface area contributed by atoms with Gasteiger partial charge in [0.2, 0.25) is 0 Å². The maximum absolute atomic E-state index is 10.4. The van der Waals surface area contributed by atoms with Crippen LogP contribution in [-0.2, 0) is 19.1 Å². The second-order valence-corrected chi connectivity index (χ2v) is 2.95. The van der Waals surface area contributed by atoms with Crippen LogP contribution in [0, 0.1) is 5.92 Å². The molecule has 0 heterocycles. The zero-order valence-corrected chi connectivity index (χ0v) is 7.20. The summed E-state index contributed by atoms with van der Waals surface area (Å²) < 4.78 is 9.62. The quantitative estimate of drug-likeness (QED) is 0.582. The third-order valence-corrected chi connectivity index (χ3v) is 1.68. The molecular formula is C8H12O4. The van der Waals surface area contributed by atoms with Gasteiger partial charge in [-0.2, -0.15) is 0 Å². The van der Waals surface area contributed by atoms with Crippen molar-refractivity contribution >= 4 is 11.9 Å². The van der Waals surface area contributed by atoms with Gasteiger partial charge in [-0.1, -0.05) is 0 Å². The maximum Gasteiger partial charge on any atom is 0.302 e. The lowest BCUT2D eigenvalue weighted by Gasteiger charge is -2.00. The highest BCUT2D eigenvalue weighted by Crippen LogP contribution is 2.33. The van der Waals surface area contributed by atoms with Gasteiger partial charge in [-0.05, 0) is 6.42 Å². The molecule has 0 spiro atoms. The first-order valence-electron chi connectivity index (χ1n) is 3.90. The molecule has 0 aromatic heterocycles. The van der Waals surface area contributed by atoms with Gasteiger partial charge in [0, 0.05) is 19.8 Å². The summed E-state index contributed by atoms with van der Waals surface area (Å²) in [6.07, 6.45) is 0.786. The third kappa shape index (κ3) is 2.90. The van der Waals surface area contributed by atoms with Crippen molar-refractivity contribution in [1.82, 2.24) is 0 Å². The molecule has 2 unspecified atom stereocenters. The van der Waals surface area contributed by atoms with Gasteiger partial charge in [0.05, 0.1) is 6.61 Å². The molecule has 0 aliphatic heterocycles. The first-order chi connectivity index (χ1) is 5.59. The fourth-order valence-corrected chi connectivity index (χ4v) is 0.977. The predicted octanol–water partition coefficient (Wildman–Crippen LogP) is 0.501. The molecule has 0 radical (unpaired) electrons. The van der Waals surface area contributed by atoms with Crippen LogP contribution < -0.4 is 0 Å². The molecule has 2 atom stereocenters. The fourth-order valence-electron chi connectivity index (χ4n) is 0.977. The average Bonchev–Trinajstić information content (AvgIpc) is 2.62. The Bertz CT molecular complexity index is 199. The average molecular weight is 172 g/mol. The van der Waals surface area contributed by atoms with Crippen molar-refractivity contribution in [3.63, 3.8) is 0 Å². The van der Waals surface area contributed by atoms with Crippen LogP contribution in [0.1, 0.15) is 20.3 Å². The van der Waals surface area contributed by atoms with Crippen molar-refractivity contribution in [3.8, 4) is 0 Å². The van der Waals surface area contributed by atoms with Crippen LogP contribution in [0.3, 0.4) is 0 Å². The lowest BCUT2D eigenvalue weighted by atomic mass is 10.4. The van der Waals surface area contributed by atoms with Gasteiger partial charge in [-0.15, -0.1) is 0 Å². The minimum absolute atomic E-state index is 0.0261. The van der Waals surface area contributed by atoms with Crippen LogP contribution in [0.2, 0.25) is 0 Å². The summed E-state index contributed by atoms with van der Waals surface area (Å²) in [5.41, 5.74) is 0. The Hall–Kier alpha value is -1.06. The van der Waals surface area contributed by atoms with Crippen LogP contribution in [-0.4, -0.2) is 24.6 Å². The normalized spacial score (nSPS) is 26.2. The highest BCUT2D eigenvalue weighted by molar-refractivity contribution is 5.67. The molecule has 1 saturated carbocycles. The molecule has 12 heavy (non-hydrogen) atoms. The van der Waals surface area contributed by atoms with Gasteiger partial charge in [0.15, 0.2) is 0 Å². The van der Waals surface area contributed by atoms with Gasteiger partial charge < -0.3 is 9.47 Å². The highest BCUT2D eigenvalue weighted by atomic mass is 16.6. The molecule has 1 aliphatic carbocycles. The maximum atomic E-state index is 10.4. The van der Waals surface area contributed by atoms with E-state index in [4.69, 9.17) is 9.47 Å². The summed E-state index contributed by atoms with van der Waals surface area (Å²) >= 11 is 0. The van der Waals surface area contributed by atoms with Crippen molar-refractivity contribution in [3.05, 3.63) is 0 Å². The Kier molecular flexibility index (Phi) is 2.68. The standard InChI is InChI=1S/C8H12O4/c1-5(9)11-4-7-3-8(7)12-6(2)10/h7-8H,3-4H2,1-2H3. The second kappa shape index (κ2) is 3.56. The molecule has 4 nitrogen and oxygen atoms in total. The van der Waals surface area contributed by atoms with Crippen molar-refractivity contribution < 1.29 is 19.1 Å². The second-order valence-electron chi connectivity index (χ2n) is 2.95. The summed E-state index contributed by atoms with van der Waals surface area (Å²) in [6.45, 7) is 3.11. The largest absolute Gasteiger partial charge is 0.465 e. The molecule has 0 aromatic rings. The number of carbonyl (C=O) groups excluding carboxylic acids is 2. The first-order valence-corrected chi connectivity index (χ1v) is 3.90. The monoisotopic (exact) mass is 172 g/mol. The molecule has 0 aromatic carbocycles. The van der Waals surface area contributed by atoms with Crippen LogP contribution in [0.4, 0.5) is 0 Å². The Labute approximate surface area is 70.8 Å². The Balaban J connectivity index is 2.08. The molecule has 1 aliphatic rings. The fraction of sp³-hybridized carbons (Fsp3) is 0.750. The molecule has 4 heteroatoms. The molecular weight excluding hydrogens is 160 g/mol. The van der Waals surface area contributed by atoms with Crippen LogP contribution in [0.15, 0.2) is 0 Å². The zero-order chi connectivity index (χ0) is 9.14. The smallest absolute Gasteiger partial charge is 0.302 e. The predicted molar refractivity (Wildman–Crippen MR) is 40.3 cm³/mol. The molecule has 0 saturated heterocycles. The van der Waals surface area contributed by atoms with E-state index >= 15 is 0 Å². The lowest BCUT2D eigenvalue weighted by molar-refractivity contribution is -0.144. The summed E-state index contributed by atoms with van der Waals surface area (Å²) in [7, 11) is 0. The van der Waals surface area contributed by atoms with Crippen molar-refractivity contribution in [1.29, 1.82) is 0 Å². The van der Waals surface area contributed by atoms with E-state index in [9.17, 15) is 9.59 Å². The minimum atomic E-state index is -0.288. The van der Waals surface area contributed by atoms with Crippen molar-refractivity contribution in [2.45, 2.75) is 26.4 Å². The molecule has 1 fully saturated rings. The van der Waals surface area contributed by atoms with Crippen LogP contribution in [0.25, 0.3) is 0 Å². The van der Waals surface area contributed by atoms with E-state index in [0.717, 1.165) is 6.42 Å². The Morgan fingerprint density at radius 3 is 2.50 bits per heavy atom. The van der Waals surface area contributed by atoms with Crippen molar-refractivity contribution in [2.24, 2.45) is 5.92 Å². The van der Waals surface area contributed by atoms with Crippen LogP contribution >= 0.6 is 0 Å². The first kappa shape index (κ1) is 9.03. The van der Waals surface area contributed by atoms with Gasteiger partial charge >= 0.3 is 11.9 Å². The van der Waals surface area contributed by atoms with Gasteiger partial charge in [0.1, 0.15) is 6.10 Å². The van der Waals surface area contributed by atoms with E-state index in [1.807, 2.05) is 0 Å². The number of ether oxygens (including phenoxy) is 2. The number of hydrogen-bond donors (Lipinski definition) is 0. The number of esters is 2. The molecule has 1 rings (SSSR count). The molecule has 0 N–H and O–H groups in total. The zero-order valence-electron chi connectivity index (χ0n) is 7.20. The molecule has 68 valence electrons. The summed E-state index contributed by atoms with van der Waals surface area (Å²) in [5, 5.41) is 0. The summed E-state index contributed by atoms with van der Waals surface area (Å²) in [5.74, 6) is -0.341. The van der Waals surface area contributed by atoms with E-state index in [-0.39, 0.29) is 24.0 Å².